The van der Waals surface area contributed by atoms with E-state index in [1.54, 1.807) is 24.5 Å². The van der Waals surface area contributed by atoms with Crippen LogP contribution in [0.15, 0.2) is 28.9 Å². The third-order valence-corrected chi connectivity index (χ3v) is 4.01. The van der Waals surface area contributed by atoms with Crippen LogP contribution in [0.3, 0.4) is 0 Å². The molecule has 0 radical (unpaired) electrons. The third-order valence-electron chi connectivity index (χ3n) is 3.47. The minimum atomic E-state index is 0.484. The molecule has 1 aromatic carbocycles. The average molecular weight is 352 g/mol. The van der Waals surface area contributed by atoms with Crippen LogP contribution in [0.2, 0.25) is 10.0 Å². The summed E-state index contributed by atoms with van der Waals surface area (Å²) >= 11 is 12.1. The van der Waals surface area contributed by atoms with Crippen molar-refractivity contribution in [3.05, 3.63) is 40.2 Å². The van der Waals surface area contributed by atoms with Crippen molar-refractivity contribution in [2.24, 2.45) is 0 Å². The van der Waals surface area contributed by atoms with Gasteiger partial charge in [0.15, 0.2) is 0 Å². The summed E-state index contributed by atoms with van der Waals surface area (Å²) in [4.78, 5) is 6.73. The largest absolute Gasteiger partial charge is 0.444 e. The molecule has 0 atom stereocenters. The van der Waals surface area contributed by atoms with E-state index in [1.165, 1.54) is 0 Å². The van der Waals surface area contributed by atoms with Crippen LogP contribution in [-0.4, -0.2) is 23.0 Å². The minimum Gasteiger partial charge on any atom is -0.444 e. The topological polar surface area (TPSA) is 53.1 Å². The molecule has 6 heteroatoms. The number of hydrogen-bond donors (Lipinski definition) is 0. The Morgan fingerprint density at radius 3 is 2.83 bits per heavy atom. The number of nitriles is 1. The van der Waals surface area contributed by atoms with E-state index in [2.05, 4.69) is 22.9 Å². The predicted molar refractivity (Wildman–Crippen MR) is 92.4 cm³/mol. The lowest BCUT2D eigenvalue weighted by molar-refractivity contribution is 0.264. The SMILES string of the molecule is CCCCN(CCC#N)Cc1coc(-c2ccc(Cl)cc2Cl)n1. The van der Waals surface area contributed by atoms with Crippen molar-refractivity contribution in [2.75, 3.05) is 13.1 Å². The van der Waals surface area contributed by atoms with E-state index in [9.17, 15) is 0 Å². The molecule has 2 aromatic rings. The van der Waals surface area contributed by atoms with Crippen LogP contribution in [0.25, 0.3) is 11.5 Å². The molecule has 0 aliphatic rings. The maximum Gasteiger partial charge on any atom is 0.227 e. The molecule has 23 heavy (non-hydrogen) atoms. The van der Waals surface area contributed by atoms with E-state index < -0.39 is 0 Å². The lowest BCUT2D eigenvalue weighted by Crippen LogP contribution is -2.25. The average Bonchev–Trinajstić information content (AvgIpc) is 2.98. The van der Waals surface area contributed by atoms with Gasteiger partial charge in [0.2, 0.25) is 5.89 Å². The number of unbranched alkanes of at least 4 members (excludes halogenated alkanes) is 1. The zero-order chi connectivity index (χ0) is 16.7. The first-order chi connectivity index (χ1) is 11.1. The van der Waals surface area contributed by atoms with Gasteiger partial charge in [-0.3, -0.25) is 4.90 Å². The molecule has 0 aliphatic carbocycles. The van der Waals surface area contributed by atoms with Crippen LogP contribution in [-0.2, 0) is 6.54 Å². The number of nitrogens with zero attached hydrogens (tertiary/aromatic N) is 3. The molecule has 0 spiro atoms. The molecule has 0 N–H and O–H groups in total. The molecule has 0 aliphatic heterocycles. The Bertz CT molecular complexity index is 679. The number of halogens is 2. The van der Waals surface area contributed by atoms with Gasteiger partial charge >= 0.3 is 0 Å². The Kier molecular flexibility index (Phi) is 6.91. The second-order valence-corrected chi connectivity index (χ2v) is 6.15. The smallest absolute Gasteiger partial charge is 0.227 e. The third kappa shape index (κ3) is 5.24. The molecule has 1 aromatic heterocycles. The lowest BCUT2D eigenvalue weighted by atomic mass is 10.2. The van der Waals surface area contributed by atoms with Crippen molar-refractivity contribution in [2.45, 2.75) is 32.7 Å². The highest BCUT2D eigenvalue weighted by molar-refractivity contribution is 6.36. The molecule has 0 saturated carbocycles. The molecular formula is C17H19Cl2N3O. The fourth-order valence-electron chi connectivity index (χ4n) is 2.26. The summed E-state index contributed by atoms with van der Waals surface area (Å²) in [6.07, 6.45) is 4.37. The summed E-state index contributed by atoms with van der Waals surface area (Å²) in [5.41, 5.74) is 1.56. The van der Waals surface area contributed by atoms with Gasteiger partial charge in [-0.05, 0) is 31.2 Å². The van der Waals surface area contributed by atoms with Crippen molar-refractivity contribution >= 4 is 23.2 Å². The van der Waals surface area contributed by atoms with E-state index in [4.69, 9.17) is 32.9 Å². The van der Waals surface area contributed by atoms with Crippen molar-refractivity contribution < 1.29 is 4.42 Å². The zero-order valence-electron chi connectivity index (χ0n) is 13.1. The highest BCUT2D eigenvalue weighted by atomic mass is 35.5. The fourth-order valence-corrected chi connectivity index (χ4v) is 2.74. The minimum absolute atomic E-state index is 0.484. The van der Waals surface area contributed by atoms with Gasteiger partial charge < -0.3 is 4.42 Å². The monoisotopic (exact) mass is 351 g/mol. The van der Waals surface area contributed by atoms with Gasteiger partial charge in [-0.1, -0.05) is 36.5 Å². The van der Waals surface area contributed by atoms with Crippen molar-refractivity contribution in [3.8, 4) is 17.5 Å². The van der Waals surface area contributed by atoms with Crippen LogP contribution in [0, 0.1) is 11.3 Å². The van der Waals surface area contributed by atoms with Crippen LogP contribution in [0.5, 0.6) is 0 Å². The van der Waals surface area contributed by atoms with E-state index in [0.717, 1.165) is 37.2 Å². The summed E-state index contributed by atoms with van der Waals surface area (Å²) in [5.74, 6) is 0.484. The van der Waals surface area contributed by atoms with E-state index in [-0.39, 0.29) is 0 Å². The quantitative estimate of drug-likeness (QED) is 0.658. The van der Waals surface area contributed by atoms with Crippen LogP contribution in [0.1, 0.15) is 31.9 Å². The van der Waals surface area contributed by atoms with E-state index >= 15 is 0 Å². The summed E-state index contributed by atoms with van der Waals surface area (Å²) < 4.78 is 5.55. The van der Waals surface area contributed by atoms with Crippen LogP contribution < -0.4 is 0 Å². The van der Waals surface area contributed by atoms with Crippen LogP contribution in [0.4, 0.5) is 0 Å². The Labute approximate surface area is 146 Å². The zero-order valence-corrected chi connectivity index (χ0v) is 14.6. The van der Waals surface area contributed by atoms with Gasteiger partial charge in [0.25, 0.3) is 0 Å². The first kappa shape index (κ1) is 17.8. The molecule has 4 nitrogen and oxygen atoms in total. The first-order valence-corrected chi connectivity index (χ1v) is 8.38. The molecule has 0 fully saturated rings. The van der Waals surface area contributed by atoms with Crippen LogP contribution >= 0.6 is 23.2 Å². The second-order valence-electron chi connectivity index (χ2n) is 5.31. The standard InChI is InChI=1S/C17H19Cl2N3O/c1-2-3-8-22(9-4-7-20)11-14-12-23-17(21-14)15-6-5-13(18)10-16(15)19/h5-6,10,12H,2-4,8-9,11H2,1H3. The molecule has 1 heterocycles. The normalized spacial score (nSPS) is 10.9. The Hall–Kier alpha value is -1.54. The van der Waals surface area contributed by atoms with Gasteiger partial charge in [-0.2, -0.15) is 5.26 Å². The number of aromatic nitrogens is 1. The molecular weight excluding hydrogens is 333 g/mol. The maximum absolute atomic E-state index is 8.78. The first-order valence-electron chi connectivity index (χ1n) is 7.63. The summed E-state index contributed by atoms with van der Waals surface area (Å²) in [6, 6.07) is 7.41. The second kappa shape index (κ2) is 8.93. The number of benzene rings is 1. The van der Waals surface area contributed by atoms with Gasteiger partial charge in [-0.15, -0.1) is 0 Å². The Morgan fingerprint density at radius 1 is 1.30 bits per heavy atom. The van der Waals surface area contributed by atoms with Gasteiger partial charge in [-0.25, -0.2) is 4.98 Å². The number of hydrogen-bond acceptors (Lipinski definition) is 4. The van der Waals surface area contributed by atoms with Gasteiger partial charge in [0.05, 0.1) is 22.3 Å². The van der Waals surface area contributed by atoms with Crippen molar-refractivity contribution in [1.82, 2.24) is 9.88 Å². The van der Waals surface area contributed by atoms with Crippen molar-refractivity contribution in [3.63, 3.8) is 0 Å². The van der Waals surface area contributed by atoms with Gasteiger partial charge in [0.1, 0.15) is 6.26 Å². The van der Waals surface area contributed by atoms with Crippen molar-refractivity contribution in [1.29, 1.82) is 5.26 Å². The molecule has 0 bridgehead atoms. The number of oxazole rings is 1. The molecule has 0 amide bonds. The van der Waals surface area contributed by atoms with Gasteiger partial charge in [0, 0.05) is 24.5 Å². The maximum atomic E-state index is 8.78. The summed E-state index contributed by atoms with van der Waals surface area (Å²) in [5, 5.41) is 9.86. The predicted octanol–water partition coefficient (Wildman–Crippen LogP) is 5.16. The van der Waals surface area contributed by atoms with E-state index in [1.807, 2.05) is 0 Å². The molecule has 0 saturated heterocycles. The Balaban J connectivity index is 2.09. The summed E-state index contributed by atoms with van der Waals surface area (Å²) in [7, 11) is 0. The lowest BCUT2D eigenvalue weighted by Gasteiger charge is -2.19. The molecule has 0 unspecified atom stereocenters. The summed E-state index contributed by atoms with van der Waals surface area (Å²) in [6.45, 7) is 4.50. The highest BCUT2D eigenvalue weighted by Gasteiger charge is 2.13. The van der Waals surface area contributed by atoms with E-state index in [0.29, 0.717) is 28.9 Å². The molecule has 2 rings (SSSR count). The highest BCUT2D eigenvalue weighted by Crippen LogP contribution is 2.29. The number of rotatable bonds is 8. The fraction of sp³-hybridized carbons (Fsp3) is 0.412. The molecule has 122 valence electrons. The Morgan fingerprint density at radius 2 is 2.13 bits per heavy atom.